The van der Waals surface area contributed by atoms with E-state index in [0.29, 0.717) is 24.8 Å². The highest BCUT2D eigenvalue weighted by Gasteiger charge is 2.29. The van der Waals surface area contributed by atoms with E-state index in [0.717, 1.165) is 37.2 Å². The third kappa shape index (κ3) is 4.94. The van der Waals surface area contributed by atoms with E-state index in [9.17, 15) is 4.39 Å². The minimum atomic E-state index is -0.387. The number of para-hydroxylation sites is 2. The molecular formula is C22H28ClFN2O3. The maximum atomic E-state index is 14.0. The molecule has 1 saturated heterocycles. The number of hydrogen-bond donors (Lipinski definition) is 2. The van der Waals surface area contributed by atoms with Crippen LogP contribution in [0, 0.1) is 11.7 Å². The molecule has 2 aliphatic heterocycles. The van der Waals surface area contributed by atoms with Gasteiger partial charge in [-0.05, 0) is 50.0 Å². The summed E-state index contributed by atoms with van der Waals surface area (Å²) in [6, 6.07) is 13.0. The van der Waals surface area contributed by atoms with E-state index in [-0.39, 0.29) is 36.1 Å². The van der Waals surface area contributed by atoms with Crippen LogP contribution < -0.4 is 24.8 Å². The van der Waals surface area contributed by atoms with Crippen molar-refractivity contribution >= 4 is 12.4 Å². The third-order valence-electron chi connectivity index (χ3n) is 5.53. The first-order chi connectivity index (χ1) is 13.8. The van der Waals surface area contributed by atoms with Crippen molar-refractivity contribution in [3.63, 3.8) is 0 Å². The van der Waals surface area contributed by atoms with Gasteiger partial charge in [-0.25, -0.2) is 4.39 Å². The van der Waals surface area contributed by atoms with Crippen LogP contribution in [0.1, 0.15) is 24.4 Å². The summed E-state index contributed by atoms with van der Waals surface area (Å²) in [4.78, 5) is 0. The maximum absolute atomic E-state index is 14.0. The van der Waals surface area contributed by atoms with Gasteiger partial charge in [0, 0.05) is 18.2 Å². The van der Waals surface area contributed by atoms with Gasteiger partial charge in [0.2, 0.25) is 0 Å². The van der Waals surface area contributed by atoms with Crippen LogP contribution in [0.5, 0.6) is 17.2 Å². The van der Waals surface area contributed by atoms with Crippen molar-refractivity contribution in [3.8, 4) is 17.2 Å². The summed E-state index contributed by atoms with van der Waals surface area (Å²) in [7, 11) is 1.70. The molecule has 0 amide bonds. The van der Waals surface area contributed by atoms with Gasteiger partial charge < -0.3 is 24.8 Å². The zero-order valence-electron chi connectivity index (χ0n) is 16.5. The molecule has 2 aliphatic rings. The van der Waals surface area contributed by atoms with Gasteiger partial charge >= 0.3 is 0 Å². The van der Waals surface area contributed by atoms with Gasteiger partial charge in [0.1, 0.15) is 18.5 Å². The zero-order chi connectivity index (χ0) is 19.3. The first-order valence-electron chi connectivity index (χ1n) is 9.91. The summed E-state index contributed by atoms with van der Waals surface area (Å²) in [5.74, 6) is 1.66. The van der Waals surface area contributed by atoms with E-state index < -0.39 is 0 Å². The second kappa shape index (κ2) is 10.1. The van der Waals surface area contributed by atoms with E-state index in [1.54, 1.807) is 19.2 Å². The Morgan fingerprint density at radius 2 is 1.97 bits per heavy atom. The van der Waals surface area contributed by atoms with E-state index in [1.807, 2.05) is 18.2 Å². The zero-order valence-corrected chi connectivity index (χ0v) is 17.3. The molecule has 0 spiro atoms. The van der Waals surface area contributed by atoms with Crippen LogP contribution in [0.25, 0.3) is 0 Å². The number of rotatable bonds is 6. The number of methoxy groups -OCH3 is 1. The van der Waals surface area contributed by atoms with Crippen molar-refractivity contribution in [3.05, 3.63) is 53.8 Å². The Morgan fingerprint density at radius 1 is 1.17 bits per heavy atom. The lowest BCUT2D eigenvalue weighted by molar-refractivity contribution is 0.0799. The molecule has 29 heavy (non-hydrogen) atoms. The fraction of sp³-hybridized carbons (Fsp3) is 0.455. The number of nitrogens with one attached hydrogen (secondary N) is 2. The Labute approximate surface area is 177 Å². The fourth-order valence-electron chi connectivity index (χ4n) is 4.09. The van der Waals surface area contributed by atoms with Gasteiger partial charge in [0.15, 0.2) is 17.3 Å². The number of benzene rings is 2. The molecular weight excluding hydrogens is 395 g/mol. The monoisotopic (exact) mass is 422 g/mol. The lowest BCUT2D eigenvalue weighted by Gasteiger charge is -2.34. The number of halogens is 2. The van der Waals surface area contributed by atoms with Gasteiger partial charge in [-0.2, -0.15) is 0 Å². The maximum Gasteiger partial charge on any atom is 0.197 e. The second-order valence-corrected chi connectivity index (χ2v) is 7.33. The summed E-state index contributed by atoms with van der Waals surface area (Å²) in [6.07, 6.45) is 1.94. The van der Waals surface area contributed by atoms with Gasteiger partial charge in [-0.1, -0.05) is 24.3 Å². The largest absolute Gasteiger partial charge is 0.496 e. The fourth-order valence-corrected chi connectivity index (χ4v) is 4.09. The molecule has 0 aromatic heterocycles. The molecule has 0 bridgehead atoms. The smallest absolute Gasteiger partial charge is 0.197 e. The Morgan fingerprint density at radius 3 is 2.76 bits per heavy atom. The molecule has 2 aromatic rings. The summed E-state index contributed by atoms with van der Waals surface area (Å²) in [6.45, 7) is 2.99. The molecule has 2 heterocycles. The van der Waals surface area contributed by atoms with Gasteiger partial charge in [0.05, 0.1) is 7.11 Å². The van der Waals surface area contributed by atoms with Gasteiger partial charge in [-0.15, -0.1) is 12.4 Å². The van der Waals surface area contributed by atoms with Crippen LogP contribution >= 0.6 is 12.4 Å². The first kappa shape index (κ1) is 21.7. The molecule has 0 saturated carbocycles. The average molecular weight is 423 g/mol. The minimum absolute atomic E-state index is 0. The highest BCUT2D eigenvalue weighted by Crippen LogP contribution is 2.36. The number of piperidine rings is 1. The molecule has 0 radical (unpaired) electrons. The van der Waals surface area contributed by atoms with Crippen molar-refractivity contribution in [2.75, 3.05) is 33.4 Å². The number of hydrogen-bond acceptors (Lipinski definition) is 5. The molecule has 2 N–H and O–H groups in total. The quantitative estimate of drug-likeness (QED) is 0.743. The molecule has 7 heteroatoms. The van der Waals surface area contributed by atoms with E-state index in [4.69, 9.17) is 14.2 Å². The number of fused-ring (bicyclic) bond motifs is 1. The average Bonchev–Trinajstić information content (AvgIpc) is 2.75. The van der Waals surface area contributed by atoms with Crippen molar-refractivity contribution in [1.82, 2.24) is 10.6 Å². The van der Waals surface area contributed by atoms with Crippen LogP contribution in [0.4, 0.5) is 4.39 Å². The first-order valence-corrected chi connectivity index (χ1v) is 9.91. The standard InChI is InChI=1S/C22H27FN2O3.ClH/c1-26-19-7-3-2-5-17(19)21(15-9-11-24-12-10-15)25-13-16-14-27-20-8-4-6-18(23)22(20)28-16;/h2-8,15-16,21,24-25H,9-14H2,1H3;1H. The van der Waals surface area contributed by atoms with E-state index in [1.165, 1.54) is 6.07 Å². The minimum Gasteiger partial charge on any atom is -0.496 e. The SMILES string of the molecule is COc1ccccc1C(NCC1COc2cccc(F)c2O1)C1CCNCC1.Cl. The normalized spacial score (nSPS) is 19.9. The summed E-state index contributed by atoms with van der Waals surface area (Å²) in [5, 5.41) is 7.09. The molecule has 158 valence electrons. The molecule has 2 atom stereocenters. The molecule has 2 aromatic carbocycles. The van der Waals surface area contributed by atoms with Crippen LogP contribution in [-0.2, 0) is 0 Å². The van der Waals surface area contributed by atoms with Crippen LogP contribution in [-0.4, -0.2) is 39.5 Å². The molecule has 0 aliphatic carbocycles. The summed E-state index contributed by atoms with van der Waals surface area (Å²) < 4.78 is 31.3. The van der Waals surface area contributed by atoms with Crippen molar-refractivity contribution < 1.29 is 18.6 Å². The Balaban J connectivity index is 0.00000240. The number of ether oxygens (including phenoxy) is 3. The van der Waals surface area contributed by atoms with E-state index >= 15 is 0 Å². The molecule has 2 unspecified atom stereocenters. The topological polar surface area (TPSA) is 51.8 Å². The lowest BCUT2D eigenvalue weighted by atomic mass is 9.85. The van der Waals surface area contributed by atoms with Crippen LogP contribution in [0.3, 0.4) is 0 Å². The summed E-state index contributed by atoms with van der Waals surface area (Å²) >= 11 is 0. The van der Waals surface area contributed by atoms with Crippen LogP contribution in [0.15, 0.2) is 42.5 Å². The highest BCUT2D eigenvalue weighted by molar-refractivity contribution is 5.85. The lowest BCUT2D eigenvalue weighted by Crippen LogP contribution is -2.43. The predicted molar refractivity (Wildman–Crippen MR) is 113 cm³/mol. The molecule has 5 nitrogen and oxygen atoms in total. The molecule has 4 rings (SSSR count). The van der Waals surface area contributed by atoms with Crippen molar-refractivity contribution in [2.45, 2.75) is 25.0 Å². The van der Waals surface area contributed by atoms with Crippen molar-refractivity contribution in [2.24, 2.45) is 5.92 Å². The van der Waals surface area contributed by atoms with E-state index in [2.05, 4.69) is 16.7 Å². The third-order valence-corrected chi connectivity index (χ3v) is 5.53. The van der Waals surface area contributed by atoms with Gasteiger partial charge in [-0.3, -0.25) is 0 Å². The Bertz CT molecular complexity index is 801. The molecule has 1 fully saturated rings. The summed E-state index contributed by atoms with van der Waals surface area (Å²) in [5.41, 5.74) is 1.15. The predicted octanol–water partition coefficient (Wildman–Crippen LogP) is 3.73. The Hall–Kier alpha value is -2.02. The van der Waals surface area contributed by atoms with Crippen LogP contribution in [0.2, 0.25) is 0 Å². The highest BCUT2D eigenvalue weighted by atomic mass is 35.5. The Kier molecular flexibility index (Phi) is 7.58. The van der Waals surface area contributed by atoms with Gasteiger partial charge in [0.25, 0.3) is 0 Å². The van der Waals surface area contributed by atoms with Crippen molar-refractivity contribution in [1.29, 1.82) is 0 Å². The second-order valence-electron chi connectivity index (χ2n) is 7.33.